The highest BCUT2D eigenvalue weighted by atomic mass is 19.4. The monoisotopic (exact) mass is 346 g/mol. The van der Waals surface area contributed by atoms with Gasteiger partial charge in [0.05, 0.1) is 0 Å². The SMILES string of the molecule is OC(c1ccc(-c2ccc(OC(F)(F)F)cc2)cc1)c1cncnc1. The average Bonchev–Trinajstić information content (AvgIpc) is 2.61. The Kier molecular flexibility index (Phi) is 4.67. The molecular weight excluding hydrogens is 333 g/mol. The molecule has 1 N–H and O–H groups in total. The maximum absolute atomic E-state index is 12.2. The fourth-order valence-electron chi connectivity index (χ4n) is 2.35. The van der Waals surface area contributed by atoms with Crippen molar-refractivity contribution in [3.05, 3.63) is 78.4 Å². The Hall–Kier alpha value is -2.93. The predicted octanol–water partition coefficient (Wildman–Crippen LogP) is 4.12. The first-order chi connectivity index (χ1) is 11.9. The molecule has 0 amide bonds. The van der Waals surface area contributed by atoms with E-state index in [1.165, 1.54) is 43.0 Å². The summed E-state index contributed by atoms with van der Waals surface area (Å²) in [7, 11) is 0. The van der Waals surface area contributed by atoms with E-state index in [1.807, 2.05) is 0 Å². The second-order valence-electron chi connectivity index (χ2n) is 5.27. The molecule has 1 heterocycles. The van der Waals surface area contributed by atoms with Crippen molar-refractivity contribution in [3.8, 4) is 16.9 Å². The van der Waals surface area contributed by atoms with Crippen LogP contribution in [0.15, 0.2) is 67.3 Å². The number of alkyl halides is 3. The van der Waals surface area contributed by atoms with Crippen LogP contribution in [0.3, 0.4) is 0 Å². The second-order valence-corrected chi connectivity index (χ2v) is 5.27. The standard InChI is InChI=1S/C18H13F3N2O2/c19-18(20,21)25-16-7-5-13(6-8-16)12-1-3-14(4-2-12)17(24)15-9-22-11-23-10-15/h1-11,17,24H. The van der Waals surface area contributed by atoms with Gasteiger partial charge in [-0.15, -0.1) is 13.2 Å². The van der Waals surface area contributed by atoms with Crippen LogP contribution in [0, 0.1) is 0 Å². The minimum Gasteiger partial charge on any atom is -0.406 e. The van der Waals surface area contributed by atoms with Crippen LogP contribution < -0.4 is 4.74 Å². The number of nitrogens with zero attached hydrogens (tertiary/aromatic N) is 2. The summed E-state index contributed by atoms with van der Waals surface area (Å²) >= 11 is 0. The lowest BCUT2D eigenvalue weighted by Crippen LogP contribution is -2.16. The first-order valence-electron chi connectivity index (χ1n) is 7.31. The number of hydrogen-bond donors (Lipinski definition) is 1. The fourth-order valence-corrected chi connectivity index (χ4v) is 2.35. The molecule has 3 rings (SSSR count). The van der Waals surface area contributed by atoms with Crippen molar-refractivity contribution >= 4 is 0 Å². The molecular formula is C18H13F3N2O2. The Morgan fingerprint density at radius 1 is 0.800 bits per heavy atom. The molecule has 0 bridgehead atoms. The molecule has 1 aromatic heterocycles. The molecule has 0 aliphatic rings. The fraction of sp³-hybridized carbons (Fsp3) is 0.111. The molecule has 25 heavy (non-hydrogen) atoms. The third-order valence-electron chi connectivity index (χ3n) is 3.54. The largest absolute Gasteiger partial charge is 0.573 e. The van der Waals surface area contributed by atoms with Gasteiger partial charge in [0.15, 0.2) is 0 Å². The molecule has 0 aliphatic carbocycles. The van der Waals surface area contributed by atoms with E-state index < -0.39 is 12.5 Å². The molecule has 0 spiro atoms. The van der Waals surface area contributed by atoms with Gasteiger partial charge in [0, 0.05) is 18.0 Å². The van der Waals surface area contributed by atoms with Crippen molar-refractivity contribution in [1.29, 1.82) is 0 Å². The molecule has 128 valence electrons. The quantitative estimate of drug-likeness (QED) is 0.772. The molecule has 2 aromatic carbocycles. The van der Waals surface area contributed by atoms with Gasteiger partial charge in [-0.1, -0.05) is 36.4 Å². The third-order valence-corrected chi connectivity index (χ3v) is 3.54. The van der Waals surface area contributed by atoms with Gasteiger partial charge in [0.25, 0.3) is 0 Å². The van der Waals surface area contributed by atoms with Crippen LogP contribution in [0.5, 0.6) is 5.75 Å². The van der Waals surface area contributed by atoms with Gasteiger partial charge in [0.1, 0.15) is 18.2 Å². The summed E-state index contributed by atoms with van der Waals surface area (Å²) in [6.45, 7) is 0. The highest BCUT2D eigenvalue weighted by molar-refractivity contribution is 5.64. The number of benzene rings is 2. The van der Waals surface area contributed by atoms with Crippen LogP contribution in [0.4, 0.5) is 13.2 Å². The van der Waals surface area contributed by atoms with Crippen LogP contribution in [-0.2, 0) is 0 Å². The lowest BCUT2D eigenvalue weighted by atomic mass is 9.99. The number of ether oxygens (including phenoxy) is 1. The molecule has 7 heteroatoms. The summed E-state index contributed by atoms with van der Waals surface area (Å²) in [5, 5.41) is 10.3. The van der Waals surface area contributed by atoms with Crippen LogP contribution in [0.2, 0.25) is 0 Å². The lowest BCUT2D eigenvalue weighted by Gasteiger charge is -2.12. The summed E-state index contributed by atoms with van der Waals surface area (Å²) < 4.78 is 40.4. The molecule has 0 saturated heterocycles. The van der Waals surface area contributed by atoms with Crippen molar-refractivity contribution in [2.24, 2.45) is 0 Å². The maximum Gasteiger partial charge on any atom is 0.573 e. The molecule has 0 radical (unpaired) electrons. The predicted molar refractivity (Wildman–Crippen MR) is 84.7 cm³/mol. The summed E-state index contributed by atoms with van der Waals surface area (Å²) in [6.07, 6.45) is -1.11. The lowest BCUT2D eigenvalue weighted by molar-refractivity contribution is -0.274. The van der Waals surface area contributed by atoms with Gasteiger partial charge < -0.3 is 9.84 Å². The van der Waals surface area contributed by atoms with Gasteiger partial charge in [-0.3, -0.25) is 0 Å². The Labute approximate surface area is 141 Å². The topological polar surface area (TPSA) is 55.2 Å². The molecule has 4 nitrogen and oxygen atoms in total. The van der Waals surface area contributed by atoms with E-state index in [0.717, 1.165) is 11.1 Å². The van der Waals surface area contributed by atoms with Crippen molar-refractivity contribution < 1.29 is 23.0 Å². The number of aliphatic hydroxyl groups excluding tert-OH is 1. The third kappa shape index (κ3) is 4.33. The second kappa shape index (κ2) is 6.90. The minimum atomic E-state index is -4.71. The van der Waals surface area contributed by atoms with Crippen molar-refractivity contribution in [1.82, 2.24) is 9.97 Å². The number of halogens is 3. The smallest absolute Gasteiger partial charge is 0.406 e. The molecule has 0 aliphatic heterocycles. The van der Waals surface area contributed by atoms with Crippen molar-refractivity contribution in [3.63, 3.8) is 0 Å². The van der Waals surface area contributed by atoms with Crippen LogP contribution in [0.1, 0.15) is 17.2 Å². The normalized spacial score (nSPS) is 12.6. The molecule has 1 atom stereocenters. The maximum atomic E-state index is 12.2. The first kappa shape index (κ1) is 16.9. The number of hydrogen-bond acceptors (Lipinski definition) is 4. The van der Waals surface area contributed by atoms with Crippen molar-refractivity contribution in [2.75, 3.05) is 0 Å². The number of aliphatic hydroxyl groups is 1. The van der Waals surface area contributed by atoms with E-state index >= 15 is 0 Å². The van der Waals surface area contributed by atoms with Crippen LogP contribution in [-0.4, -0.2) is 21.4 Å². The summed E-state index contributed by atoms with van der Waals surface area (Å²) in [5.41, 5.74) is 2.77. The van der Waals surface area contributed by atoms with E-state index in [0.29, 0.717) is 11.1 Å². The van der Waals surface area contributed by atoms with Gasteiger partial charge in [-0.2, -0.15) is 0 Å². The molecule has 1 unspecified atom stereocenters. The van der Waals surface area contributed by atoms with Crippen molar-refractivity contribution in [2.45, 2.75) is 12.5 Å². The van der Waals surface area contributed by atoms with E-state index in [1.54, 1.807) is 24.3 Å². The first-order valence-corrected chi connectivity index (χ1v) is 7.31. The number of rotatable bonds is 4. The summed E-state index contributed by atoms with van der Waals surface area (Å²) in [5.74, 6) is -0.271. The average molecular weight is 346 g/mol. The van der Waals surface area contributed by atoms with E-state index in [9.17, 15) is 18.3 Å². The van der Waals surface area contributed by atoms with Crippen LogP contribution >= 0.6 is 0 Å². The minimum absolute atomic E-state index is 0.271. The summed E-state index contributed by atoms with van der Waals surface area (Å²) in [6, 6.07) is 12.6. The summed E-state index contributed by atoms with van der Waals surface area (Å²) in [4.78, 5) is 7.73. The van der Waals surface area contributed by atoms with Gasteiger partial charge >= 0.3 is 6.36 Å². The Morgan fingerprint density at radius 3 is 1.84 bits per heavy atom. The highest BCUT2D eigenvalue weighted by Crippen LogP contribution is 2.28. The zero-order valence-corrected chi connectivity index (χ0v) is 12.8. The molecule has 0 fully saturated rings. The van der Waals surface area contributed by atoms with E-state index in [2.05, 4.69) is 14.7 Å². The van der Waals surface area contributed by atoms with Gasteiger partial charge in [-0.25, -0.2) is 9.97 Å². The molecule has 0 saturated carbocycles. The van der Waals surface area contributed by atoms with Crippen LogP contribution in [0.25, 0.3) is 11.1 Å². The number of aromatic nitrogens is 2. The van der Waals surface area contributed by atoms with Gasteiger partial charge in [-0.05, 0) is 28.8 Å². The van der Waals surface area contributed by atoms with Gasteiger partial charge in [0.2, 0.25) is 0 Å². The Morgan fingerprint density at radius 2 is 1.32 bits per heavy atom. The van der Waals surface area contributed by atoms with E-state index in [4.69, 9.17) is 0 Å². The highest BCUT2D eigenvalue weighted by Gasteiger charge is 2.30. The Bertz CT molecular complexity index is 820. The Balaban J connectivity index is 1.76. The zero-order chi connectivity index (χ0) is 17.9. The zero-order valence-electron chi connectivity index (χ0n) is 12.8. The molecule has 3 aromatic rings. The van der Waals surface area contributed by atoms with E-state index in [-0.39, 0.29) is 5.75 Å².